The van der Waals surface area contributed by atoms with E-state index < -0.39 is 12.0 Å². The lowest BCUT2D eigenvalue weighted by Gasteiger charge is -2.39. The number of imide groups is 1. The molecular formula is C30H33N5O6. The number of morpholine rings is 1. The van der Waals surface area contributed by atoms with Crippen LogP contribution in [0.2, 0.25) is 0 Å². The van der Waals surface area contributed by atoms with Gasteiger partial charge in [0, 0.05) is 51.3 Å². The number of likely N-dealkylation sites (tertiary alicyclic amines) is 1. The van der Waals surface area contributed by atoms with Gasteiger partial charge >= 0.3 is 0 Å². The van der Waals surface area contributed by atoms with Crippen LogP contribution >= 0.6 is 0 Å². The van der Waals surface area contributed by atoms with Crippen molar-refractivity contribution in [2.75, 3.05) is 26.3 Å². The first-order valence-corrected chi connectivity index (χ1v) is 14.0. The van der Waals surface area contributed by atoms with E-state index in [9.17, 15) is 19.2 Å². The third-order valence-electron chi connectivity index (χ3n) is 8.15. The van der Waals surface area contributed by atoms with E-state index in [4.69, 9.17) is 9.47 Å². The summed E-state index contributed by atoms with van der Waals surface area (Å²) >= 11 is 0. The molecule has 41 heavy (non-hydrogen) atoms. The fraction of sp³-hybridized carbons (Fsp3) is 0.433. The van der Waals surface area contributed by atoms with E-state index in [0.29, 0.717) is 50.3 Å². The Morgan fingerprint density at radius 1 is 1.05 bits per heavy atom. The summed E-state index contributed by atoms with van der Waals surface area (Å²) in [6.45, 7) is 1.56. The maximum Gasteiger partial charge on any atom is 0.249 e. The van der Waals surface area contributed by atoms with Crippen LogP contribution in [0, 0.1) is 0 Å². The largest absolute Gasteiger partial charge is 0.488 e. The number of hydrogen-bond acceptors (Lipinski definition) is 7. The third-order valence-corrected chi connectivity index (χ3v) is 8.15. The average molecular weight is 560 g/mol. The molecule has 1 aromatic heterocycles. The number of ether oxygens (including phenoxy) is 2. The number of para-hydroxylation sites is 1. The Kier molecular flexibility index (Phi) is 7.44. The number of aryl methyl sites for hydroxylation is 1. The van der Waals surface area contributed by atoms with Crippen LogP contribution < -0.4 is 10.1 Å². The van der Waals surface area contributed by atoms with Crippen molar-refractivity contribution in [2.45, 2.75) is 50.3 Å². The number of piperidine rings is 2. The number of fused-ring (bicyclic) bond motifs is 1. The van der Waals surface area contributed by atoms with Crippen molar-refractivity contribution < 1.29 is 28.7 Å². The molecule has 0 spiro atoms. The molecule has 2 aromatic carbocycles. The lowest BCUT2D eigenvalue weighted by molar-refractivity contribution is -0.160. The molecule has 2 unspecified atom stereocenters. The van der Waals surface area contributed by atoms with Gasteiger partial charge in [-0.1, -0.05) is 42.5 Å². The highest BCUT2D eigenvalue weighted by Crippen LogP contribution is 2.35. The molecule has 3 aliphatic rings. The van der Waals surface area contributed by atoms with Gasteiger partial charge in [0.05, 0.1) is 18.2 Å². The summed E-state index contributed by atoms with van der Waals surface area (Å²) in [5.74, 6) is -0.685. The molecule has 3 aliphatic heterocycles. The molecule has 11 heteroatoms. The molecule has 0 bridgehead atoms. The molecule has 4 heterocycles. The Morgan fingerprint density at radius 2 is 1.83 bits per heavy atom. The predicted octanol–water partition coefficient (Wildman–Crippen LogP) is 1.89. The van der Waals surface area contributed by atoms with Crippen molar-refractivity contribution in [3.05, 3.63) is 59.8 Å². The number of nitrogens with zero attached hydrogens (tertiary/aromatic N) is 4. The van der Waals surface area contributed by atoms with Crippen LogP contribution in [0.3, 0.4) is 0 Å². The lowest BCUT2D eigenvalue weighted by atomic mass is 9.93. The van der Waals surface area contributed by atoms with E-state index in [-0.39, 0.29) is 49.4 Å². The molecule has 0 radical (unpaired) electrons. The van der Waals surface area contributed by atoms with Gasteiger partial charge in [-0.05, 0) is 18.1 Å². The van der Waals surface area contributed by atoms with Gasteiger partial charge in [0.25, 0.3) is 0 Å². The van der Waals surface area contributed by atoms with E-state index >= 15 is 0 Å². The van der Waals surface area contributed by atoms with Gasteiger partial charge in [0.15, 0.2) is 0 Å². The molecule has 3 saturated heterocycles. The second-order valence-corrected chi connectivity index (χ2v) is 10.8. The van der Waals surface area contributed by atoms with E-state index in [0.717, 1.165) is 16.5 Å². The van der Waals surface area contributed by atoms with E-state index in [1.54, 1.807) is 14.5 Å². The van der Waals surface area contributed by atoms with Gasteiger partial charge in [-0.2, -0.15) is 5.10 Å². The first-order valence-electron chi connectivity index (χ1n) is 14.0. The first kappa shape index (κ1) is 26.9. The fourth-order valence-electron chi connectivity index (χ4n) is 6.01. The molecule has 4 amide bonds. The Hall–Kier alpha value is -4.25. The van der Waals surface area contributed by atoms with E-state index in [1.807, 2.05) is 55.6 Å². The highest BCUT2D eigenvalue weighted by Gasteiger charge is 2.38. The zero-order chi connectivity index (χ0) is 28.5. The normalized spacial score (nSPS) is 22.2. The SMILES string of the molecule is Cn1nc(C2CCC(=O)NC2=O)c2cccc(OC3CCN(C(=O)C4COCC(=O)N4Cc4ccccc4)CC3)c21. The second kappa shape index (κ2) is 11.3. The maximum absolute atomic E-state index is 13.5. The number of carbonyl (C=O) groups excluding carboxylic acids is 4. The summed E-state index contributed by atoms with van der Waals surface area (Å²) in [5, 5.41) is 7.88. The summed E-state index contributed by atoms with van der Waals surface area (Å²) in [7, 11) is 1.82. The van der Waals surface area contributed by atoms with Crippen molar-refractivity contribution in [3.8, 4) is 5.75 Å². The predicted molar refractivity (Wildman–Crippen MR) is 148 cm³/mol. The Bertz CT molecular complexity index is 1480. The van der Waals surface area contributed by atoms with Gasteiger partial charge in [0.1, 0.15) is 30.0 Å². The van der Waals surface area contributed by atoms with Gasteiger partial charge in [-0.25, -0.2) is 0 Å². The van der Waals surface area contributed by atoms with Crippen LogP contribution in [-0.4, -0.2) is 81.7 Å². The van der Waals surface area contributed by atoms with Gasteiger partial charge < -0.3 is 19.3 Å². The highest BCUT2D eigenvalue weighted by atomic mass is 16.5. The van der Waals surface area contributed by atoms with E-state index in [1.165, 1.54) is 0 Å². The number of aromatic nitrogens is 2. The molecular weight excluding hydrogens is 526 g/mol. The topological polar surface area (TPSA) is 123 Å². The molecule has 6 rings (SSSR count). The number of nitrogens with one attached hydrogen (secondary N) is 1. The van der Waals surface area contributed by atoms with E-state index in [2.05, 4.69) is 10.4 Å². The summed E-state index contributed by atoms with van der Waals surface area (Å²) in [6, 6.07) is 14.7. The minimum absolute atomic E-state index is 0.0165. The number of benzene rings is 2. The van der Waals surface area contributed by atoms with Crippen molar-refractivity contribution in [1.29, 1.82) is 0 Å². The minimum Gasteiger partial charge on any atom is -0.488 e. The summed E-state index contributed by atoms with van der Waals surface area (Å²) in [5.41, 5.74) is 2.40. The molecule has 2 atom stereocenters. The van der Waals surface area contributed by atoms with Crippen molar-refractivity contribution >= 4 is 34.5 Å². The molecule has 1 N–H and O–H groups in total. The van der Waals surface area contributed by atoms with Crippen LogP contribution in [-0.2, 0) is 37.5 Å². The fourth-order valence-corrected chi connectivity index (χ4v) is 6.01. The zero-order valence-corrected chi connectivity index (χ0v) is 23.0. The zero-order valence-electron chi connectivity index (χ0n) is 23.0. The lowest BCUT2D eigenvalue weighted by Crippen LogP contribution is -2.58. The van der Waals surface area contributed by atoms with Crippen molar-refractivity contribution in [1.82, 2.24) is 24.9 Å². The van der Waals surface area contributed by atoms with Crippen molar-refractivity contribution in [2.24, 2.45) is 7.05 Å². The van der Waals surface area contributed by atoms with Crippen LogP contribution in [0.25, 0.3) is 10.9 Å². The van der Waals surface area contributed by atoms with Gasteiger partial charge in [-0.15, -0.1) is 0 Å². The Morgan fingerprint density at radius 3 is 2.59 bits per heavy atom. The second-order valence-electron chi connectivity index (χ2n) is 10.8. The third kappa shape index (κ3) is 5.41. The van der Waals surface area contributed by atoms with Crippen LogP contribution in [0.5, 0.6) is 5.75 Å². The molecule has 3 fully saturated rings. The Labute approximate surface area is 237 Å². The van der Waals surface area contributed by atoms with Crippen LogP contribution in [0.15, 0.2) is 48.5 Å². The van der Waals surface area contributed by atoms with Crippen molar-refractivity contribution in [3.63, 3.8) is 0 Å². The molecule has 0 saturated carbocycles. The molecule has 0 aliphatic carbocycles. The molecule has 11 nitrogen and oxygen atoms in total. The van der Waals surface area contributed by atoms with Gasteiger partial charge in [0.2, 0.25) is 23.6 Å². The van der Waals surface area contributed by atoms with Crippen LogP contribution in [0.1, 0.15) is 42.9 Å². The van der Waals surface area contributed by atoms with Crippen LogP contribution in [0.4, 0.5) is 0 Å². The molecule has 3 aromatic rings. The summed E-state index contributed by atoms with van der Waals surface area (Å²) in [6.07, 6.45) is 1.88. The maximum atomic E-state index is 13.5. The number of carbonyl (C=O) groups is 4. The first-order chi connectivity index (χ1) is 19.9. The summed E-state index contributed by atoms with van der Waals surface area (Å²) in [4.78, 5) is 53.8. The standard InChI is InChI=1S/C30H33N5O6/c1-33-28-21(27(32-33)22-10-11-25(36)31-29(22)38)8-5-9-24(28)41-20-12-14-34(15-13-20)30(39)23-17-40-18-26(37)35(23)16-19-6-3-2-4-7-19/h2-9,20,22-23H,10-18H2,1H3,(H,31,36,38). The van der Waals surface area contributed by atoms with Gasteiger partial charge in [-0.3, -0.25) is 29.2 Å². The highest BCUT2D eigenvalue weighted by molar-refractivity contribution is 6.03. The monoisotopic (exact) mass is 559 g/mol. The summed E-state index contributed by atoms with van der Waals surface area (Å²) < 4.78 is 13.6. The number of amides is 4. The average Bonchev–Trinajstić information content (AvgIpc) is 3.31. The smallest absolute Gasteiger partial charge is 0.249 e. The minimum atomic E-state index is -0.650. The number of rotatable bonds is 6. The molecule has 214 valence electrons. The quantitative estimate of drug-likeness (QED) is 0.458. The Balaban J connectivity index is 1.12. The number of hydrogen-bond donors (Lipinski definition) is 1.